The third kappa shape index (κ3) is 3.71. The highest BCUT2D eigenvalue weighted by atomic mass is 16.5. The minimum absolute atomic E-state index is 0.142. The smallest absolute Gasteiger partial charge is 0.247 e. The van der Waals surface area contributed by atoms with Crippen LogP contribution >= 0.6 is 0 Å². The molecule has 0 aliphatic rings. The maximum atomic E-state index is 12.6. The first-order chi connectivity index (χ1) is 13.6. The van der Waals surface area contributed by atoms with Crippen molar-refractivity contribution in [2.75, 3.05) is 5.32 Å². The maximum absolute atomic E-state index is 12.6. The predicted molar refractivity (Wildman–Crippen MR) is 109 cm³/mol. The Kier molecular flexibility index (Phi) is 4.76. The molecular formula is C22H20N4O2. The summed E-state index contributed by atoms with van der Waals surface area (Å²) in [7, 11) is 0. The molecule has 0 bridgehead atoms. The molecule has 6 heteroatoms. The van der Waals surface area contributed by atoms with Gasteiger partial charge in [-0.2, -0.15) is 0 Å². The molecular weight excluding hydrogens is 352 g/mol. The molecule has 0 radical (unpaired) electrons. The van der Waals surface area contributed by atoms with Crippen LogP contribution in [0.25, 0.3) is 11.0 Å². The Morgan fingerprint density at radius 2 is 1.82 bits per heavy atom. The van der Waals surface area contributed by atoms with Gasteiger partial charge in [0.25, 0.3) is 0 Å². The number of para-hydroxylation sites is 2. The molecule has 1 amide bonds. The number of aromatic nitrogens is 3. The Balaban J connectivity index is 1.43. The lowest BCUT2D eigenvalue weighted by Gasteiger charge is -2.14. The number of amides is 1. The minimum atomic E-state index is -0.407. The topological polar surface area (TPSA) is 69.0 Å². The molecule has 0 aliphatic heterocycles. The first kappa shape index (κ1) is 17.7. The first-order valence-corrected chi connectivity index (χ1v) is 9.03. The number of benzene rings is 2. The van der Waals surface area contributed by atoms with Gasteiger partial charge in [-0.25, -0.2) is 9.97 Å². The number of fused-ring (bicyclic) bond motifs is 1. The zero-order chi connectivity index (χ0) is 19.5. The summed E-state index contributed by atoms with van der Waals surface area (Å²) >= 11 is 0. The minimum Gasteiger partial charge on any atom is -0.439 e. The first-order valence-electron chi connectivity index (χ1n) is 9.03. The molecule has 4 rings (SSSR count). The molecule has 0 fully saturated rings. The van der Waals surface area contributed by atoms with Gasteiger partial charge in [0.2, 0.25) is 11.8 Å². The third-order valence-electron chi connectivity index (χ3n) is 4.53. The van der Waals surface area contributed by atoms with E-state index in [-0.39, 0.29) is 5.91 Å². The average molecular weight is 372 g/mol. The quantitative estimate of drug-likeness (QED) is 0.550. The van der Waals surface area contributed by atoms with Crippen LogP contribution in [0.1, 0.15) is 18.5 Å². The summed E-state index contributed by atoms with van der Waals surface area (Å²) < 4.78 is 7.57. The van der Waals surface area contributed by atoms with Crippen LogP contribution < -0.4 is 10.1 Å². The molecule has 0 unspecified atom stereocenters. The van der Waals surface area contributed by atoms with Crippen LogP contribution in [-0.4, -0.2) is 20.4 Å². The fourth-order valence-electron chi connectivity index (χ4n) is 2.90. The SMILES string of the molecule is Cc1ccc(Oc2ccc(NC(=O)[C@H](C)n3cnc4ccccc43)cn2)cc1. The highest BCUT2D eigenvalue weighted by Crippen LogP contribution is 2.22. The zero-order valence-corrected chi connectivity index (χ0v) is 15.7. The number of nitrogens with zero attached hydrogens (tertiary/aromatic N) is 3. The number of hydrogen-bond donors (Lipinski definition) is 1. The highest BCUT2D eigenvalue weighted by molar-refractivity contribution is 5.94. The van der Waals surface area contributed by atoms with Gasteiger partial charge in [0, 0.05) is 6.07 Å². The normalized spacial score (nSPS) is 11.9. The molecule has 2 heterocycles. The van der Waals surface area contributed by atoms with Crippen LogP contribution in [0, 0.1) is 6.92 Å². The number of pyridine rings is 1. The monoisotopic (exact) mass is 372 g/mol. The molecule has 0 saturated heterocycles. The van der Waals surface area contributed by atoms with Crippen molar-refractivity contribution < 1.29 is 9.53 Å². The number of carbonyl (C=O) groups is 1. The van der Waals surface area contributed by atoms with Gasteiger partial charge < -0.3 is 14.6 Å². The number of carbonyl (C=O) groups excluding carboxylic acids is 1. The number of imidazole rings is 1. The Hall–Kier alpha value is -3.67. The molecule has 4 aromatic rings. The van der Waals surface area contributed by atoms with Gasteiger partial charge in [-0.05, 0) is 44.2 Å². The van der Waals surface area contributed by atoms with E-state index in [2.05, 4.69) is 15.3 Å². The van der Waals surface area contributed by atoms with E-state index < -0.39 is 6.04 Å². The second kappa shape index (κ2) is 7.52. The van der Waals surface area contributed by atoms with E-state index in [1.807, 2.05) is 66.9 Å². The van der Waals surface area contributed by atoms with Crippen LogP contribution in [0.2, 0.25) is 0 Å². The summed E-state index contributed by atoms with van der Waals surface area (Å²) in [6.07, 6.45) is 3.27. The lowest BCUT2D eigenvalue weighted by Crippen LogP contribution is -2.23. The van der Waals surface area contributed by atoms with Crippen LogP contribution in [0.15, 0.2) is 73.2 Å². The number of ether oxygens (including phenoxy) is 1. The molecule has 140 valence electrons. The van der Waals surface area contributed by atoms with Gasteiger partial charge in [-0.3, -0.25) is 4.79 Å². The van der Waals surface area contributed by atoms with Crippen LogP contribution in [-0.2, 0) is 4.79 Å². The van der Waals surface area contributed by atoms with Crippen LogP contribution in [0.4, 0.5) is 5.69 Å². The highest BCUT2D eigenvalue weighted by Gasteiger charge is 2.17. The number of rotatable bonds is 5. The summed E-state index contributed by atoms with van der Waals surface area (Å²) in [5.74, 6) is 1.04. The summed E-state index contributed by atoms with van der Waals surface area (Å²) in [6, 6.07) is 18.6. The maximum Gasteiger partial charge on any atom is 0.247 e. The van der Waals surface area contributed by atoms with Crippen molar-refractivity contribution in [3.05, 3.63) is 78.8 Å². The second-order valence-corrected chi connectivity index (χ2v) is 6.61. The van der Waals surface area contributed by atoms with Crippen molar-refractivity contribution in [1.29, 1.82) is 0 Å². The number of hydrogen-bond acceptors (Lipinski definition) is 4. The fraction of sp³-hybridized carbons (Fsp3) is 0.136. The summed E-state index contributed by atoms with van der Waals surface area (Å²) in [5.41, 5.74) is 3.56. The summed E-state index contributed by atoms with van der Waals surface area (Å²) in [5, 5.41) is 2.89. The van der Waals surface area contributed by atoms with Crippen molar-refractivity contribution in [1.82, 2.24) is 14.5 Å². The molecule has 0 spiro atoms. The van der Waals surface area contributed by atoms with Gasteiger partial charge >= 0.3 is 0 Å². The van der Waals surface area contributed by atoms with E-state index >= 15 is 0 Å². The summed E-state index contributed by atoms with van der Waals surface area (Å²) in [4.78, 5) is 21.2. The molecule has 1 atom stereocenters. The van der Waals surface area contributed by atoms with Crippen molar-refractivity contribution in [2.24, 2.45) is 0 Å². The summed E-state index contributed by atoms with van der Waals surface area (Å²) in [6.45, 7) is 3.86. The Morgan fingerprint density at radius 3 is 2.57 bits per heavy atom. The molecule has 2 aromatic carbocycles. The van der Waals surface area contributed by atoms with Gasteiger partial charge in [0.15, 0.2) is 0 Å². The van der Waals surface area contributed by atoms with Crippen LogP contribution in [0.5, 0.6) is 11.6 Å². The third-order valence-corrected chi connectivity index (χ3v) is 4.53. The van der Waals surface area contributed by atoms with Crippen molar-refractivity contribution in [3.63, 3.8) is 0 Å². The van der Waals surface area contributed by atoms with Gasteiger partial charge in [0.05, 0.1) is 29.2 Å². The molecule has 6 nitrogen and oxygen atoms in total. The Morgan fingerprint density at radius 1 is 1.04 bits per heavy atom. The van der Waals surface area contributed by atoms with E-state index in [1.165, 1.54) is 0 Å². The largest absolute Gasteiger partial charge is 0.439 e. The molecule has 0 saturated carbocycles. The molecule has 2 aromatic heterocycles. The predicted octanol–water partition coefficient (Wildman–Crippen LogP) is 4.73. The van der Waals surface area contributed by atoms with Gasteiger partial charge in [0.1, 0.15) is 11.8 Å². The molecule has 1 N–H and O–H groups in total. The fourth-order valence-corrected chi connectivity index (χ4v) is 2.90. The van der Waals surface area contributed by atoms with Crippen molar-refractivity contribution in [2.45, 2.75) is 19.9 Å². The van der Waals surface area contributed by atoms with E-state index in [0.717, 1.165) is 22.3 Å². The zero-order valence-electron chi connectivity index (χ0n) is 15.7. The van der Waals surface area contributed by atoms with Gasteiger partial charge in [-0.1, -0.05) is 29.8 Å². The van der Waals surface area contributed by atoms with E-state index in [1.54, 1.807) is 24.7 Å². The van der Waals surface area contributed by atoms with Gasteiger partial charge in [-0.15, -0.1) is 0 Å². The van der Waals surface area contributed by atoms with E-state index in [9.17, 15) is 4.79 Å². The number of anilines is 1. The number of aryl methyl sites for hydroxylation is 1. The Labute approximate surface area is 162 Å². The second-order valence-electron chi connectivity index (χ2n) is 6.61. The van der Waals surface area contributed by atoms with Crippen LogP contribution in [0.3, 0.4) is 0 Å². The Bertz CT molecular complexity index is 1100. The standard InChI is InChI=1S/C22H20N4O2/c1-15-7-10-18(11-8-15)28-21-12-9-17(13-23-21)25-22(27)16(2)26-14-24-19-5-3-4-6-20(19)26/h3-14,16H,1-2H3,(H,25,27)/t16-/m0/s1. The van der Waals surface area contributed by atoms with Crippen molar-refractivity contribution in [3.8, 4) is 11.6 Å². The van der Waals surface area contributed by atoms with E-state index in [4.69, 9.17) is 4.74 Å². The lowest BCUT2D eigenvalue weighted by molar-refractivity contribution is -0.118. The van der Waals surface area contributed by atoms with Crippen molar-refractivity contribution >= 4 is 22.6 Å². The number of nitrogens with one attached hydrogen (secondary N) is 1. The average Bonchev–Trinajstić information content (AvgIpc) is 3.14. The molecule has 28 heavy (non-hydrogen) atoms. The molecule has 0 aliphatic carbocycles. The van der Waals surface area contributed by atoms with E-state index in [0.29, 0.717) is 11.6 Å². The lowest BCUT2D eigenvalue weighted by atomic mass is 10.2.